The van der Waals surface area contributed by atoms with Crippen LogP contribution in [-0.4, -0.2) is 39.8 Å². The number of hydrogen-bond acceptors (Lipinski definition) is 6. The summed E-state index contributed by atoms with van der Waals surface area (Å²) in [6.07, 6.45) is 1.69. The number of aromatic nitrogens is 1. The lowest BCUT2D eigenvalue weighted by molar-refractivity contribution is 0.0696. The summed E-state index contributed by atoms with van der Waals surface area (Å²) < 4.78 is 0.502. The van der Waals surface area contributed by atoms with E-state index in [-0.39, 0.29) is 23.7 Å². The van der Waals surface area contributed by atoms with Crippen molar-refractivity contribution < 1.29 is 19.5 Å². The number of carboxylic acids is 1. The molecule has 2 aromatic heterocycles. The molecule has 0 saturated heterocycles. The molecule has 1 aliphatic heterocycles. The molecule has 164 valence electrons. The van der Waals surface area contributed by atoms with Gasteiger partial charge in [0.05, 0.1) is 14.8 Å². The zero-order valence-electron chi connectivity index (χ0n) is 17.0. The van der Waals surface area contributed by atoms with Gasteiger partial charge in [-0.3, -0.25) is 19.5 Å². The molecule has 0 radical (unpaired) electrons. The number of nitrogens with zero attached hydrogens (tertiary/aromatic N) is 2. The van der Waals surface area contributed by atoms with Gasteiger partial charge < -0.3 is 15.7 Å². The summed E-state index contributed by atoms with van der Waals surface area (Å²) in [5.41, 5.74) is 3.22. The van der Waals surface area contributed by atoms with Gasteiger partial charge in [0.25, 0.3) is 11.8 Å². The summed E-state index contributed by atoms with van der Waals surface area (Å²) in [6.45, 7) is 1.60. The minimum Gasteiger partial charge on any atom is -0.478 e. The first kappa shape index (κ1) is 21.9. The van der Waals surface area contributed by atoms with Gasteiger partial charge >= 0.3 is 5.97 Å². The molecule has 0 spiro atoms. The summed E-state index contributed by atoms with van der Waals surface area (Å²) in [7, 11) is 1.99. The molecule has 1 aliphatic rings. The van der Waals surface area contributed by atoms with E-state index in [1.54, 1.807) is 30.5 Å². The quantitative estimate of drug-likeness (QED) is 0.507. The Morgan fingerprint density at radius 3 is 2.62 bits per heavy atom. The fraction of sp³-hybridized carbons (Fsp3) is 0.182. The van der Waals surface area contributed by atoms with E-state index in [0.717, 1.165) is 35.6 Å². The minimum absolute atomic E-state index is 0.0175. The van der Waals surface area contributed by atoms with Crippen LogP contribution in [0.15, 0.2) is 42.6 Å². The fourth-order valence-electron chi connectivity index (χ4n) is 3.44. The van der Waals surface area contributed by atoms with Crippen molar-refractivity contribution in [2.75, 3.05) is 12.4 Å². The van der Waals surface area contributed by atoms with Crippen LogP contribution in [-0.2, 0) is 19.6 Å². The van der Waals surface area contributed by atoms with E-state index in [1.165, 1.54) is 12.1 Å². The molecule has 8 nitrogen and oxygen atoms in total. The summed E-state index contributed by atoms with van der Waals surface area (Å²) in [4.78, 5) is 43.4. The highest BCUT2D eigenvalue weighted by Gasteiger charge is 2.20. The number of hydrogen-bond donors (Lipinski definition) is 3. The van der Waals surface area contributed by atoms with Crippen molar-refractivity contribution in [2.24, 2.45) is 0 Å². The molecular formula is C22H19ClN4O4S. The maximum Gasteiger partial charge on any atom is 0.335 e. The predicted molar refractivity (Wildman–Crippen MR) is 121 cm³/mol. The third-order valence-electron chi connectivity index (χ3n) is 5.04. The zero-order valence-corrected chi connectivity index (χ0v) is 18.6. The van der Waals surface area contributed by atoms with Gasteiger partial charge in [0, 0.05) is 31.5 Å². The number of benzene rings is 1. The van der Waals surface area contributed by atoms with Gasteiger partial charge in [0.15, 0.2) is 0 Å². The number of halogens is 1. The van der Waals surface area contributed by atoms with Crippen molar-refractivity contribution in [1.29, 1.82) is 0 Å². The third kappa shape index (κ3) is 4.80. The Hall–Kier alpha value is -3.27. The molecule has 0 aliphatic carbocycles. The average Bonchev–Trinajstić information content (AvgIpc) is 3.36. The molecule has 3 aromatic rings. The van der Waals surface area contributed by atoms with Gasteiger partial charge in [-0.2, -0.15) is 0 Å². The zero-order chi connectivity index (χ0) is 22.8. The number of pyridine rings is 1. The van der Waals surface area contributed by atoms with Crippen LogP contribution in [0.4, 0.5) is 5.69 Å². The first-order chi connectivity index (χ1) is 15.3. The summed E-state index contributed by atoms with van der Waals surface area (Å²) in [5, 5.41) is 14.8. The fourth-order valence-corrected chi connectivity index (χ4v) is 4.40. The van der Waals surface area contributed by atoms with Gasteiger partial charge in [-0.25, -0.2) is 4.79 Å². The lowest BCUT2D eigenvalue weighted by Crippen LogP contribution is -2.23. The van der Waals surface area contributed by atoms with Gasteiger partial charge in [0.1, 0.15) is 5.69 Å². The number of carboxylic acid groups (broad SMARTS) is 1. The molecule has 4 rings (SSSR count). The van der Waals surface area contributed by atoms with Gasteiger partial charge in [-0.05, 0) is 54.1 Å². The van der Waals surface area contributed by atoms with Crippen molar-refractivity contribution >= 4 is 46.4 Å². The first-order valence-electron chi connectivity index (χ1n) is 9.67. The molecular weight excluding hydrogens is 452 g/mol. The van der Waals surface area contributed by atoms with Gasteiger partial charge in [-0.1, -0.05) is 17.7 Å². The second kappa shape index (κ2) is 9.07. The van der Waals surface area contributed by atoms with Crippen LogP contribution in [0, 0.1) is 0 Å². The van der Waals surface area contributed by atoms with Crippen LogP contribution in [0.2, 0.25) is 4.34 Å². The minimum atomic E-state index is -1.12. The van der Waals surface area contributed by atoms with E-state index in [4.69, 9.17) is 11.6 Å². The standard InChI is InChI=1S/C22H19ClN4O4S/c1-27-10-14-7-17(24-9-15(14)11-27)20(28)26-16-6-12(22(30)31)2-3-13(16)8-25-21(29)18-4-5-19(23)32-18/h2-7,9H,8,10-11H2,1H3,(H,25,29)(H,26,28)(H,30,31). The Labute approximate surface area is 192 Å². The van der Waals surface area contributed by atoms with Crippen molar-refractivity contribution in [1.82, 2.24) is 15.2 Å². The van der Waals surface area contributed by atoms with E-state index < -0.39 is 11.9 Å². The van der Waals surface area contributed by atoms with E-state index in [2.05, 4.69) is 20.5 Å². The van der Waals surface area contributed by atoms with Crippen LogP contribution in [0.25, 0.3) is 0 Å². The molecule has 3 N–H and O–H groups in total. The highest BCUT2D eigenvalue weighted by molar-refractivity contribution is 7.18. The predicted octanol–water partition coefficient (Wildman–Crippen LogP) is 3.62. The van der Waals surface area contributed by atoms with E-state index in [0.29, 0.717) is 20.5 Å². The smallest absolute Gasteiger partial charge is 0.335 e. The molecule has 1 aromatic carbocycles. The monoisotopic (exact) mass is 470 g/mol. The number of anilines is 1. The molecule has 3 heterocycles. The molecule has 10 heteroatoms. The number of fused-ring (bicyclic) bond motifs is 1. The van der Waals surface area contributed by atoms with Crippen LogP contribution in [0.1, 0.15) is 47.2 Å². The van der Waals surface area contributed by atoms with E-state index in [1.807, 2.05) is 7.05 Å². The van der Waals surface area contributed by atoms with Crippen molar-refractivity contribution in [3.63, 3.8) is 0 Å². The molecule has 0 bridgehead atoms. The third-order valence-corrected chi connectivity index (χ3v) is 6.27. The molecule has 32 heavy (non-hydrogen) atoms. The number of aromatic carboxylic acids is 1. The van der Waals surface area contributed by atoms with Crippen LogP contribution in [0.3, 0.4) is 0 Å². The SMILES string of the molecule is CN1Cc2cnc(C(=O)Nc3cc(C(=O)O)ccc3CNC(=O)c3ccc(Cl)s3)cc2C1. The molecule has 0 saturated carbocycles. The maximum atomic E-state index is 12.9. The second-order valence-corrected chi connectivity index (χ2v) is 9.14. The number of nitrogens with one attached hydrogen (secondary N) is 2. The number of rotatable bonds is 6. The van der Waals surface area contributed by atoms with Crippen LogP contribution >= 0.6 is 22.9 Å². The average molecular weight is 471 g/mol. The number of thiophene rings is 1. The highest BCUT2D eigenvalue weighted by atomic mass is 35.5. The van der Waals surface area contributed by atoms with Gasteiger partial charge in [0.2, 0.25) is 0 Å². The largest absolute Gasteiger partial charge is 0.478 e. The Balaban J connectivity index is 1.54. The van der Waals surface area contributed by atoms with Crippen molar-refractivity contribution in [3.8, 4) is 0 Å². The normalized spacial score (nSPS) is 12.9. The molecule has 2 amide bonds. The Morgan fingerprint density at radius 1 is 1.12 bits per heavy atom. The molecule has 0 fully saturated rings. The number of amides is 2. The summed E-state index contributed by atoms with van der Waals surface area (Å²) in [6, 6.07) is 9.35. The second-order valence-electron chi connectivity index (χ2n) is 7.43. The van der Waals surface area contributed by atoms with Crippen LogP contribution in [0.5, 0.6) is 0 Å². The van der Waals surface area contributed by atoms with Gasteiger partial charge in [-0.15, -0.1) is 11.3 Å². The Bertz CT molecular complexity index is 1230. The topological polar surface area (TPSA) is 112 Å². The summed E-state index contributed by atoms with van der Waals surface area (Å²) >= 11 is 7.03. The van der Waals surface area contributed by atoms with E-state index in [9.17, 15) is 19.5 Å². The summed E-state index contributed by atoms with van der Waals surface area (Å²) in [5.74, 6) is -1.89. The lowest BCUT2D eigenvalue weighted by atomic mass is 10.1. The number of carbonyl (C=O) groups is 3. The first-order valence-corrected chi connectivity index (χ1v) is 10.9. The Morgan fingerprint density at radius 2 is 1.91 bits per heavy atom. The molecule has 0 unspecified atom stereocenters. The lowest BCUT2D eigenvalue weighted by Gasteiger charge is -2.13. The van der Waals surface area contributed by atoms with Crippen molar-refractivity contribution in [2.45, 2.75) is 19.6 Å². The Kier molecular flexibility index (Phi) is 6.22. The van der Waals surface area contributed by atoms with Crippen LogP contribution < -0.4 is 10.6 Å². The highest BCUT2D eigenvalue weighted by Crippen LogP contribution is 2.24. The molecule has 0 atom stereocenters. The van der Waals surface area contributed by atoms with E-state index >= 15 is 0 Å². The number of carbonyl (C=O) groups excluding carboxylic acids is 2. The maximum absolute atomic E-state index is 12.9. The van der Waals surface area contributed by atoms with Crippen molar-refractivity contribution in [3.05, 3.63) is 79.8 Å².